The number of hydrogen-bond acceptors (Lipinski definition) is 3. The van der Waals surface area contributed by atoms with Gasteiger partial charge in [-0.3, -0.25) is 4.79 Å². The zero-order valence-electron chi connectivity index (χ0n) is 13.8. The Kier molecular flexibility index (Phi) is 2.91. The van der Waals surface area contributed by atoms with Crippen LogP contribution in [0.2, 0.25) is 0 Å². The molecule has 5 heteroatoms. The van der Waals surface area contributed by atoms with Crippen LogP contribution in [0.25, 0.3) is 33.1 Å². The van der Waals surface area contributed by atoms with Gasteiger partial charge in [-0.25, -0.2) is 0 Å². The van der Waals surface area contributed by atoms with Crippen molar-refractivity contribution in [3.8, 4) is 16.9 Å². The molecule has 0 spiro atoms. The van der Waals surface area contributed by atoms with Crippen molar-refractivity contribution in [1.82, 2.24) is 9.97 Å². The van der Waals surface area contributed by atoms with E-state index in [1.807, 2.05) is 36.4 Å². The molecule has 0 fully saturated rings. The third-order valence-electron chi connectivity index (χ3n) is 4.87. The summed E-state index contributed by atoms with van der Waals surface area (Å²) < 4.78 is 5.82. The van der Waals surface area contributed by atoms with Crippen molar-refractivity contribution >= 4 is 27.6 Å². The Labute approximate surface area is 143 Å². The molecule has 0 radical (unpaired) electrons. The standard InChI is InChI=1S/C20H17N3O2/c1-23-8-9-25-17-10-12(6-7-16(17)23)14-11-18(24)22-19-13-4-2-3-5-15(13)21-20(14)19/h2-7,10-11,21H,8-9H2,1H3,(H,22,24). The zero-order chi connectivity index (χ0) is 17.0. The highest BCUT2D eigenvalue weighted by Crippen LogP contribution is 2.37. The molecule has 124 valence electrons. The fourth-order valence-corrected chi connectivity index (χ4v) is 3.59. The van der Waals surface area contributed by atoms with Crippen LogP contribution in [0.4, 0.5) is 5.69 Å². The molecule has 2 aromatic heterocycles. The average molecular weight is 331 g/mol. The van der Waals surface area contributed by atoms with Crippen LogP contribution in [0, 0.1) is 0 Å². The van der Waals surface area contributed by atoms with Gasteiger partial charge in [0.1, 0.15) is 12.4 Å². The van der Waals surface area contributed by atoms with Gasteiger partial charge >= 0.3 is 0 Å². The fraction of sp³-hybridized carbons (Fsp3) is 0.150. The Morgan fingerprint density at radius 1 is 1.04 bits per heavy atom. The number of ether oxygens (including phenoxy) is 1. The van der Waals surface area contributed by atoms with Crippen LogP contribution in [0.15, 0.2) is 53.3 Å². The monoisotopic (exact) mass is 331 g/mol. The molecule has 0 atom stereocenters. The maximum Gasteiger partial charge on any atom is 0.249 e. The minimum absolute atomic E-state index is 0.108. The molecule has 0 aliphatic carbocycles. The lowest BCUT2D eigenvalue weighted by Crippen LogP contribution is -2.28. The maximum absolute atomic E-state index is 12.3. The number of fused-ring (bicyclic) bond motifs is 4. The molecule has 0 saturated heterocycles. The van der Waals surface area contributed by atoms with E-state index in [0.717, 1.165) is 51.0 Å². The summed E-state index contributed by atoms with van der Waals surface area (Å²) in [4.78, 5) is 20.8. The largest absolute Gasteiger partial charge is 0.490 e. The summed E-state index contributed by atoms with van der Waals surface area (Å²) in [7, 11) is 2.06. The van der Waals surface area contributed by atoms with E-state index < -0.39 is 0 Å². The average Bonchev–Trinajstić information content (AvgIpc) is 2.99. The van der Waals surface area contributed by atoms with E-state index in [1.165, 1.54) is 0 Å². The maximum atomic E-state index is 12.3. The Morgan fingerprint density at radius 2 is 1.92 bits per heavy atom. The van der Waals surface area contributed by atoms with E-state index in [4.69, 9.17) is 4.74 Å². The second kappa shape index (κ2) is 5.14. The molecular weight excluding hydrogens is 314 g/mol. The number of benzene rings is 2. The van der Waals surface area contributed by atoms with Crippen molar-refractivity contribution in [3.05, 3.63) is 58.9 Å². The van der Waals surface area contributed by atoms with Crippen LogP contribution < -0.4 is 15.2 Å². The van der Waals surface area contributed by atoms with Crippen molar-refractivity contribution in [1.29, 1.82) is 0 Å². The van der Waals surface area contributed by atoms with Crippen molar-refractivity contribution in [3.63, 3.8) is 0 Å². The second-order valence-electron chi connectivity index (χ2n) is 6.42. The lowest BCUT2D eigenvalue weighted by atomic mass is 10.0. The summed E-state index contributed by atoms with van der Waals surface area (Å²) in [6, 6.07) is 15.8. The number of hydrogen-bond donors (Lipinski definition) is 2. The van der Waals surface area contributed by atoms with Gasteiger partial charge in [-0.15, -0.1) is 0 Å². The number of rotatable bonds is 1. The molecule has 5 nitrogen and oxygen atoms in total. The molecule has 0 amide bonds. The molecule has 1 aliphatic rings. The number of aromatic amines is 2. The Balaban J connectivity index is 1.79. The molecule has 4 aromatic rings. The van der Waals surface area contributed by atoms with Crippen LogP contribution in [0.1, 0.15) is 0 Å². The van der Waals surface area contributed by atoms with Gasteiger partial charge in [0.05, 0.1) is 23.3 Å². The smallest absolute Gasteiger partial charge is 0.249 e. The number of anilines is 1. The van der Waals surface area contributed by atoms with Crippen LogP contribution in [0.5, 0.6) is 5.75 Å². The SMILES string of the molecule is CN1CCOc2cc(-c3cc(=O)[nH]c4c3[nH]c3ccccc34)ccc21. The molecule has 5 rings (SSSR count). The quantitative estimate of drug-likeness (QED) is 0.561. The number of nitrogens with zero attached hydrogens (tertiary/aromatic N) is 1. The predicted molar refractivity (Wildman–Crippen MR) is 101 cm³/mol. The second-order valence-corrected chi connectivity index (χ2v) is 6.42. The molecule has 0 bridgehead atoms. The van der Waals surface area contributed by atoms with Gasteiger partial charge < -0.3 is 19.6 Å². The first-order valence-electron chi connectivity index (χ1n) is 8.33. The number of para-hydroxylation sites is 1. The normalized spacial score (nSPS) is 13.9. The van der Waals surface area contributed by atoms with E-state index in [2.05, 4.69) is 28.0 Å². The summed E-state index contributed by atoms with van der Waals surface area (Å²) >= 11 is 0. The van der Waals surface area contributed by atoms with Crippen molar-refractivity contribution in [2.24, 2.45) is 0 Å². The predicted octanol–water partition coefficient (Wildman–Crippen LogP) is 3.51. The number of pyridine rings is 1. The third-order valence-corrected chi connectivity index (χ3v) is 4.87. The van der Waals surface area contributed by atoms with E-state index in [1.54, 1.807) is 6.07 Å². The number of likely N-dealkylation sites (N-methyl/N-ethyl adjacent to an activating group) is 1. The molecular formula is C20H17N3O2. The van der Waals surface area contributed by atoms with Gasteiger partial charge in [0.25, 0.3) is 0 Å². The first-order valence-corrected chi connectivity index (χ1v) is 8.33. The number of nitrogens with one attached hydrogen (secondary N) is 2. The molecule has 2 N–H and O–H groups in total. The summed E-state index contributed by atoms with van der Waals surface area (Å²) in [5.74, 6) is 0.857. The summed E-state index contributed by atoms with van der Waals surface area (Å²) in [6.45, 7) is 1.55. The third kappa shape index (κ3) is 2.12. The number of H-pyrrole nitrogens is 2. The topological polar surface area (TPSA) is 61.1 Å². The fourth-order valence-electron chi connectivity index (χ4n) is 3.59. The highest BCUT2D eigenvalue weighted by atomic mass is 16.5. The first kappa shape index (κ1) is 14.2. The molecule has 25 heavy (non-hydrogen) atoms. The van der Waals surface area contributed by atoms with Crippen LogP contribution in [-0.4, -0.2) is 30.2 Å². The number of aromatic nitrogens is 2. The van der Waals surface area contributed by atoms with Gasteiger partial charge in [0.15, 0.2) is 0 Å². The first-order chi connectivity index (χ1) is 12.2. The summed E-state index contributed by atoms with van der Waals surface area (Å²) in [6.07, 6.45) is 0. The van der Waals surface area contributed by atoms with E-state index in [9.17, 15) is 4.79 Å². The van der Waals surface area contributed by atoms with Gasteiger partial charge in [0.2, 0.25) is 5.56 Å². The van der Waals surface area contributed by atoms with Gasteiger partial charge in [-0.1, -0.05) is 24.3 Å². The van der Waals surface area contributed by atoms with Crippen LogP contribution >= 0.6 is 0 Å². The van der Waals surface area contributed by atoms with Crippen molar-refractivity contribution in [2.45, 2.75) is 0 Å². The van der Waals surface area contributed by atoms with Gasteiger partial charge in [-0.05, 0) is 23.8 Å². The molecule has 2 aromatic carbocycles. The lowest BCUT2D eigenvalue weighted by Gasteiger charge is -2.28. The van der Waals surface area contributed by atoms with Crippen molar-refractivity contribution < 1.29 is 4.74 Å². The molecule has 3 heterocycles. The zero-order valence-corrected chi connectivity index (χ0v) is 13.8. The van der Waals surface area contributed by atoms with Crippen LogP contribution in [0.3, 0.4) is 0 Å². The molecule has 0 saturated carbocycles. The summed E-state index contributed by atoms with van der Waals surface area (Å²) in [5, 5.41) is 1.02. The van der Waals surface area contributed by atoms with Crippen molar-refractivity contribution in [2.75, 3.05) is 25.1 Å². The Morgan fingerprint density at radius 3 is 2.84 bits per heavy atom. The van der Waals surface area contributed by atoms with Gasteiger partial charge in [0, 0.05) is 29.6 Å². The van der Waals surface area contributed by atoms with Gasteiger partial charge in [-0.2, -0.15) is 0 Å². The van der Waals surface area contributed by atoms with E-state index in [-0.39, 0.29) is 5.56 Å². The summed E-state index contributed by atoms with van der Waals surface area (Å²) in [5.41, 5.74) is 5.61. The highest BCUT2D eigenvalue weighted by Gasteiger charge is 2.17. The molecule has 1 aliphatic heterocycles. The minimum atomic E-state index is -0.108. The highest BCUT2D eigenvalue weighted by molar-refractivity contribution is 6.09. The minimum Gasteiger partial charge on any atom is -0.490 e. The lowest BCUT2D eigenvalue weighted by molar-refractivity contribution is 0.311. The Hall–Kier alpha value is -3.21. The van der Waals surface area contributed by atoms with Crippen LogP contribution in [-0.2, 0) is 0 Å². The molecule has 0 unspecified atom stereocenters. The van der Waals surface area contributed by atoms with E-state index in [0.29, 0.717) is 6.61 Å². The van der Waals surface area contributed by atoms with E-state index >= 15 is 0 Å². The Bertz CT molecular complexity index is 1170.